The second-order valence-electron chi connectivity index (χ2n) is 3.55. The van der Waals surface area contributed by atoms with Gasteiger partial charge in [0, 0.05) is 13.1 Å². The van der Waals surface area contributed by atoms with Crippen LogP contribution in [0.3, 0.4) is 0 Å². The van der Waals surface area contributed by atoms with E-state index in [-0.39, 0.29) is 0 Å². The quantitative estimate of drug-likeness (QED) is 0.804. The lowest BCUT2D eigenvalue weighted by atomic mass is 10.4. The van der Waals surface area contributed by atoms with Gasteiger partial charge in [0.25, 0.3) is 0 Å². The van der Waals surface area contributed by atoms with E-state index < -0.39 is 0 Å². The molecule has 4 nitrogen and oxygen atoms in total. The normalized spacial score (nSPS) is 16.2. The van der Waals surface area contributed by atoms with Crippen molar-refractivity contribution in [2.45, 2.75) is 32.4 Å². The van der Waals surface area contributed by atoms with Crippen molar-refractivity contribution in [3.63, 3.8) is 0 Å². The molecular weight excluding hydrogens is 196 g/mol. The van der Waals surface area contributed by atoms with E-state index in [1.165, 1.54) is 12.8 Å². The third-order valence-electron chi connectivity index (χ3n) is 2.49. The summed E-state index contributed by atoms with van der Waals surface area (Å²) in [6.45, 7) is 4.28. The van der Waals surface area contributed by atoms with Crippen LogP contribution in [0.5, 0.6) is 0 Å². The molecule has 1 aliphatic carbocycles. The maximum Gasteiger partial charge on any atom is 0.205 e. The van der Waals surface area contributed by atoms with Crippen molar-refractivity contribution in [3.8, 4) is 0 Å². The summed E-state index contributed by atoms with van der Waals surface area (Å²) in [5.41, 5.74) is 0. The van der Waals surface area contributed by atoms with Gasteiger partial charge in [-0.3, -0.25) is 4.90 Å². The molecule has 1 aromatic rings. The topological polar surface area (TPSA) is 41.1 Å². The molecule has 0 spiro atoms. The number of hydrogen-bond donors (Lipinski definition) is 1. The molecule has 1 fully saturated rings. The number of nitrogens with one attached hydrogen (secondary N) is 1. The highest BCUT2D eigenvalue weighted by Gasteiger charge is 2.28. The van der Waals surface area contributed by atoms with Crippen molar-refractivity contribution in [2.75, 3.05) is 18.9 Å². The monoisotopic (exact) mass is 212 g/mol. The zero-order chi connectivity index (χ0) is 9.97. The van der Waals surface area contributed by atoms with Crippen LogP contribution in [-0.2, 0) is 6.54 Å². The molecule has 78 valence electrons. The molecule has 14 heavy (non-hydrogen) atoms. The highest BCUT2D eigenvalue weighted by Crippen LogP contribution is 2.28. The summed E-state index contributed by atoms with van der Waals surface area (Å²) in [7, 11) is 1.88. The molecule has 1 aromatic heterocycles. The van der Waals surface area contributed by atoms with E-state index in [0.717, 1.165) is 29.3 Å². The molecule has 0 unspecified atom stereocenters. The lowest BCUT2D eigenvalue weighted by Gasteiger charge is -2.17. The Hall–Kier alpha value is -0.680. The van der Waals surface area contributed by atoms with E-state index in [2.05, 4.69) is 27.3 Å². The van der Waals surface area contributed by atoms with E-state index in [1.54, 1.807) is 11.3 Å². The van der Waals surface area contributed by atoms with Gasteiger partial charge in [0.05, 0.1) is 6.54 Å². The second kappa shape index (κ2) is 4.23. The van der Waals surface area contributed by atoms with Gasteiger partial charge in [-0.1, -0.05) is 18.3 Å². The largest absolute Gasteiger partial charge is 0.363 e. The molecular formula is C9H16N4S. The molecule has 5 heteroatoms. The zero-order valence-corrected chi connectivity index (χ0v) is 9.47. The first kappa shape index (κ1) is 9.86. The molecule has 1 aliphatic rings. The highest BCUT2D eigenvalue weighted by atomic mass is 32.1. The summed E-state index contributed by atoms with van der Waals surface area (Å²) < 4.78 is 0. The van der Waals surface area contributed by atoms with Crippen molar-refractivity contribution in [2.24, 2.45) is 0 Å². The van der Waals surface area contributed by atoms with Gasteiger partial charge in [0.1, 0.15) is 5.01 Å². The number of hydrogen-bond acceptors (Lipinski definition) is 5. The first-order valence-electron chi connectivity index (χ1n) is 5.07. The van der Waals surface area contributed by atoms with Crippen LogP contribution in [0.25, 0.3) is 0 Å². The molecule has 0 saturated heterocycles. The van der Waals surface area contributed by atoms with Crippen LogP contribution in [0, 0.1) is 0 Å². The maximum atomic E-state index is 4.15. The Morgan fingerprint density at radius 1 is 1.50 bits per heavy atom. The van der Waals surface area contributed by atoms with Crippen molar-refractivity contribution in [3.05, 3.63) is 5.01 Å². The Labute approximate surface area is 88.3 Å². The van der Waals surface area contributed by atoms with Crippen molar-refractivity contribution in [1.82, 2.24) is 15.1 Å². The molecule has 0 aliphatic heterocycles. The van der Waals surface area contributed by atoms with Crippen LogP contribution in [0.15, 0.2) is 0 Å². The third kappa shape index (κ3) is 2.22. The van der Waals surface area contributed by atoms with E-state index in [9.17, 15) is 0 Å². The van der Waals surface area contributed by atoms with Crippen LogP contribution in [0.1, 0.15) is 24.8 Å². The predicted molar refractivity (Wildman–Crippen MR) is 58.6 cm³/mol. The molecule has 0 radical (unpaired) electrons. The van der Waals surface area contributed by atoms with Crippen molar-refractivity contribution < 1.29 is 0 Å². The highest BCUT2D eigenvalue weighted by molar-refractivity contribution is 7.15. The minimum Gasteiger partial charge on any atom is -0.363 e. The lowest BCUT2D eigenvalue weighted by molar-refractivity contribution is 0.268. The van der Waals surface area contributed by atoms with Crippen LogP contribution >= 0.6 is 11.3 Å². The van der Waals surface area contributed by atoms with E-state index >= 15 is 0 Å². The van der Waals surface area contributed by atoms with Crippen molar-refractivity contribution >= 4 is 16.5 Å². The van der Waals surface area contributed by atoms with E-state index in [1.807, 2.05) is 7.05 Å². The SMILES string of the molecule is CCN(Cc1nnc(NC)s1)C1CC1. The molecule has 0 aromatic carbocycles. The Morgan fingerprint density at radius 3 is 2.79 bits per heavy atom. The minimum atomic E-state index is 0.807. The third-order valence-corrected chi connectivity index (χ3v) is 3.41. The van der Waals surface area contributed by atoms with Gasteiger partial charge in [-0.25, -0.2) is 0 Å². The minimum absolute atomic E-state index is 0.807. The molecule has 1 saturated carbocycles. The second-order valence-corrected chi connectivity index (χ2v) is 4.61. The number of aromatic nitrogens is 2. The van der Waals surface area contributed by atoms with Gasteiger partial charge in [0.15, 0.2) is 0 Å². The Kier molecular flexibility index (Phi) is 2.98. The number of anilines is 1. The van der Waals surface area contributed by atoms with Crippen LogP contribution in [-0.4, -0.2) is 34.7 Å². The maximum absolute atomic E-state index is 4.15. The molecule has 2 rings (SSSR count). The van der Waals surface area contributed by atoms with Gasteiger partial charge < -0.3 is 5.32 Å². The Morgan fingerprint density at radius 2 is 2.29 bits per heavy atom. The van der Waals surface area contributed by atoms with Gasteiger partial charge in [-0.15, -0.1) is 10.2 Å². The number of nitrogens with zero attached hydrogens (tertiary/aromatic N) is 3. The molecule has 0 atom stereocenters. The fraction of sp³-hybridized carbons (Fsp3) is 0.778. The van der Waals surface area contributed by atoms with Gasteiger partial charge in [-0.05, 0) is 19.4 Å². The molecule has 0 amide bonds. The summed E-state index contributed by atoms with van der Waals surface area (Å²) in [5, 5.41) is 13.2. The lowest BCUT2D eigenvalue weighted by Crippen LogP contribution is -2.24. The van der Waals surface area contributed by atoms with Gasteiger partial charge in [0.2, 0.25) is 5.13 Å². The zero-order valence-electron chi connectivity index (χ0n) is 8.66. The predicted octanol–water partition coefficient (Wildman–Crippen LogP) is 1.56. The Bertz CT molecular complexity index is 295. The van der Waals surface area contributed by atoms with Crippen LogP contribution < -0.4 is 5.32 Å². The summed E-state index contributed by atoms with van der Waals surface area (Å²) >= 11 is 1.65. The average molecular weight is 212 g/mol. The molecule has 1 N–H and O–H groups in total. The fourth-order valence-corrected chi connectivity index (χ4v) is 2.25. The van der Waals surface area contributed by atoms with Gasteiger partial charge in [-0.2, -0.15) is 0 Å². The summed E-state index contributed by atoms with van der Waals surface area (Å²) in [6, 6.07) is 0.807. The Balaban J connectivity index is 1.94. The van der Waals surface area contributed by atoms with E-state index in [4.69, 9.17) is 0 Å². The number of rotatable bonds is 5. The fourth-order valence-electron chi connectivity index (χ4n) is 1.53. The van der Waals surface area contributed by atoms with Crippen molar-refractivity contribution in [1.29, 1.82) is 0 Å². The van der Waals surface area contributed by atoms with Crippen LogP contribution in [0.4, 0.5) is 5.13 Å². The average Bonchev–Trinajstić information content (AvgIpc) is 2.95. The first-order valence-corrected chi connectivity index (χ1v) is 5.89. The standard InChI is InChI=1S/C9H16N4S/c1-3-13(7-4-5-7)6-8-11-12-9(10-2)14-8/h7H,3-6H2,1-2H3,(H,10,12). The first-order chi connectivity index (χ1) is 6.83. The summed E-state index contributed by atoms with van der Waals surface area (Å²) in [6.07, 6.45) is 2.71. The summed E-state index contributed by atoms with van der Waals surface area (Å²) in [5.74, 6) is 0. The van der Waals surface area contributed by atoms with Gasteiger partial charge >= 0.3 is 0 Å². The smallest absolute Gasteiger partial charge is 0.205 e. The summed E-state index contributed by atoms with van der Waals surface area (Å²) in [4.78, 5) is 2.47. The van der Waals surface area contributed by atoms with Crippen LogP contribution in [0.2, 0.25) is 0 Å². The molecule has 0 bridgehead atoms. The van der Waals surface area contributed by atoms with E-state index in [0.29, 0.717) is 0 Å². The molecule has 1 heterocycles.